The van der Waals surface area contributed by atoms with Gasteiger partial charge in [0.05, 0.1) is 24.2 Å². The lowest BCUT2D eigenvalue weighted by Gasteiger charge is -2.12. The smallest absolute Gasteiger partial charge is 0.282 e. The van der Waals surface area contributed by atoms with Crippen LogP contribution in [0.2, 0.25) is 0 Å². The van der Waals surface area contributed by atoms with Crippen LogP contribution in [-0.4, -0.2) is 29.6 Å². The van der Waals surface area contributed by atoms with E-state index in [0.717, 1.165) is 8.95 Å². The van der Waals surface area contributed by atoms with E-state index in [2.05, 4.69) is 47.9 Å². The van der Waals surface area contributed by atoms with Gasteiger partial charge in [-0.2, -0.15) is 9.78 Å². The summed E-state index contributed by atoms with van der Waals surface area (Å²) in [5.74, 6) is 3.82. The molecule has 142 valence electrons. The van der Waals surface area contributed by atoms with Gasteiger partial charge in [-0.05, 0) is 37.3 Å². The van der Waals surface area contributed by atoms with Crippen molar-refractivity contribution >= 4 is 49.0 Å². The fraction of sp³-hybridized carbons (Fsp3) is 0.150. The molecule has 1 aromatic heterocycles. The fourth-order valence-electron chi connectivity index (χ4n) is 2.62. The lowest BCUT2D eigenvalue weighted by molar-refractivity contribution is 0.330. The maximum atomic E-state index is 12.9. The molecule has 2 aromatic carbocycles. The molecule has 3 rings (SSSR count). The maximum absolute atomic E-state index is 12.9. The first-order valence-electron chi connectivity index (χ1n) is 8.11. The number of terminal acetylenes is 1. The molecule has 28 heavy (non-hydrogen) atoms. The van der Waals surface area contributed by atoms with Gasteiger partial charge >= 0.3 is 0 Å². The summed E-state index contributed by atoms with van der Waals surface area (Å²) >= 11 is 6.80. The van der Waals surface area contributed by atoms with Crippen molar-refractivity contribution in [2.24, 2.45) is 5.10 Å². The van der Waals surface area contributed by atoms with Crippen LogP contribution in [0.1, 0.15) is 11.4 Å². The summed E-state index contributed by atoms with van der Waals surface area (Å²) in [7, 11) is 1.53. The van der Waals surface area contributed by atoms with Gasteiger partial charge in [0.1, 0.15) is 12.4 Å². The Morgan fingerprint density at radius 2 is 2.07 bits per heavy atom. The Hall–Kier alpha value is -2.63. The van der Waals surface area contributed by atoms with Crippen molar-refractivity contribution in [1.29, 1.82) is 0 Å². The highest BCUT2D eigenvalue weighted by Crippen LogP contribution is 2.34. The van der Waals surface area contributed by atoms with Crippen LogP contribution in [0.25, 0.3) is 10.9 Å². The van der Waals surface area contributed by atoms with E-state index in [0.29, 0.717) is 33.8 Å². The van der Waals surface area contributed by atoms with Crippen molar-refractivity contribution in [2.75, 3.05) is 13.7 Å². The Balaban J connectivity index is 2.13. The number of fused-ring (bicyclic) bond motifs is 1. The molecule has 3 aromatic rings. The van der Waals surface area contributed by atoms with Crippen molar-refractivity contribution in [3.63, 3.8) is 0 Å². The van der Waals surface area contributed by atoms with Gasteiger partial charge in [-0.1, -0.05) is 37.8 Å². The molecule has 0 unspecified atom stereocenters. The molecule has 0 N–H and O–H groups in total. The van der Waals surface area contributed by atoms with Crippen LogP contribution < -0.4 is 15.0 Å². The van der Waals surface area contributed by atoms with Gasteiger partial charge in [0.15, 0.2) is 11.5 Å². The number of hydrogen-bond acceptors (Lipinski definition) is 5. The number of halogens is 2. The molecule has 0 aliphatic rings. The molecule has 0 aliphatic heterocycles. The second kappa shape index (κ2) is 8.59. The Morgan fingerprint density at radius 1 is 1.29 bits per heavy atom. The zero-order valence-corrected chi connectivity index (χ0v) is 18.2. The number of nitrogens with zero attached hydrogens (tertiary/aromatic N) is 3. The lowest BCUT2D eigenvalue weighted by atomic mass is 10.2. The molecule has 0 aliphatic carbocycles. The SMILES string of the molecule is C#CCOc1c(C=Nn2c(C)nc3ccc(Br)cc3c2=O)cc(Br)cc1OC. The number of methoxy groups -OCH3 is 1. The molecule has 0 saturated heterocycles. The van der Waals surface area contributed by atoms with Crippen molar-refractivity contribution in [3.05, 3.63) is 61.0 Å². The predicted molar refractivity (Wildman–Crippen MR) is 116 cm³/mol. The third-order valence-corrected chi connectivity index (χ3v) is 4.80. The molecule has 0 atom stereocenters. The van der Waals surface area contributed by atoms with Crippen molar-refractivity contribution in [2.45, 2.75) is 6.92 Å². The van der Waals surface area contributed by atoms with Gasteiger partial charge in [0.25, 0.3) is 5.56 Å². The van der Waals surface area contributed by atoms with Gasteiger partial charge in [0.2, 0.25) is 0 Å². The molecule has 0 radical (unpaired) electrons. The second-order valence-corrected chi connectivity index (χ2v) is 7.53. The minimum Gasteiger partial charge on any atom is -0.493 e. The van der Waals surface area contributed by atoms with Crippen LogP contribution in [0.3, 0.4) is 0 Å². The maximum Gasteiger partial charge on any atom is 0.282 e. The molecule has 0 bridgehead atoms. The van der Waals surface area contributed by atoms with Crippen LogP contribution in [-0.2, 0) is 0 Å². The van der Waals surface area contributed by atoms with Crippen LogP contribution in [0.5, 0.6) is 11.5 Å². The Morgan fingerprint density at radius 3 is 2.79 bits per heavy atom. The van der Waals surface area contributed by atoms with Crippen molar-refractivity contribution in [1.82, 2.24) is 9.66 Å². The summed E-state index contributed by atoms with van der Waals surface area (Å²) in [4.78, 5) is 17.3. The van der Waals surface area contributed by atoms with Crippen LogP contribution >= 0.6 is 31.9 Å². The van der Waals surface area contributed by atoms with Crippen LogP contribution in [0.4, 0.5) is 0 Å². The highest BCUT2D eigenvalue weighted by molar-refractivity contribution is 9.10. The summed E-state index contributed by atoms with van der Waals surface area (Å²) in [6.07, 6.45) is 6.81. The van der Waals surface area contributed by atoms with E-state index in [-0.39, 0.29) is 12.2 Å². The molecule has 0 amide bonds. The third kappa shape index (κ3) is 4.11. The number of rotatable bonds is 5. The Labute approximate surface area is 178 Å². The average Bonchev–Trinajstić information content (AvgIpc) is 2.67. The van der Waals surface area contributed by atoms with Crippen LogP contribution in [0, 0.1) is 19.3 Å². The summed E-state index contributed by atoms with van der Waals surface area (Å²) in [6.45, 7) is 1.79. The fourth-order valence-corrected chi connectivity index (χ4v) is 3.44. The summed E-state index contributed by atoms with van der Waals surface area (Å²) in [5.41, 5.74) is 0.939. The monoisotopic (exact) mass is 503 g/mol. The van der Waals surface area contributed by atoms with E-state index >= 15 is 0 Å². The first kappa shape index (κ1) is 20.1. The third-order valence-electron chi connectivity index (χ3n) is 3.85. The Bertz CT molecular complexity index is 1180. The highest BCUT2D eigenvalue weighted by atomic mass is 79.9. The summed E-state index contributed by atoms with van der Waals surface area (Å²) in [6, 6.07) is 8.90. The van der Waals surface area contributed by atoms with Crippen LogP contribution in [0.15, 0.2) is 49.2 Å². The molecule has 8 heteroatoms. The quantitative estimate of drug-likeness (QED) is 0.387. The number of hydrogen-bond donors (Lipinski definition) is 0. The molecular formula is C20H15Br2N3O3. The minimum atomic E-state index is -0.270. The van der Waals surface area contributed by atoms with Gasteiger partial charge in [-0.3, -0.25) is 4.79 Å². The molecular weight excluding hydrogens is 490 g/mol. The highest BCUT2D eigenvalue weighted by Gasteiger charge is 2.13. The van der Waals surface area contributed by atoms with E-state index in [9.17, 15) is 4.79 Å². The Kier molecular flexibility index (Phi) is 6.17. The first-order valence-corrected chi connectivity index (χ1v) is 9.70. The van der Waals surface area contributed by atoms with Gasteiger partial charge in [-0.15, -0.1) is 6.42 Å². The van der Waals surface area contributed by atoms with E-state index in [1.165, 1.54) is 18.0 Å². The number of aromatic nitrogens is 2. The standard InChI is InChI=1S/C20H15Br2N3O3/c1-4-7-28-19-13(8-15(22)10-18(19)27-3)11-23-25-12(2)24-17-6-5-14(21)9-16(17)20(25)26/h1,5-6,8-11H,7H2,2-3H3. The number of benzene rings is 2. The number of aryl methyl sites for hydroxylation is 1. The molecule has 0 fully saturated rings. The van der Waals surface area contributed by atoms with E-state index in [1.807, 2.05) is 6.07 Å². The van der Waals surface area contributed by atoms with Gasteiger partial charge in [0, 0.05) is 14.5 Å². The zero-order chi connectivity index (χ0) is 20.3. The van der Waals surface area contributed by atoms with Crippen molar-refractivity contribution in [3.8, 4) is 23.8 Å². The summed E-state index contributed by atoms with van der Waals surface area (Å²) < 4.78 is 13.8. The first-order chi connectivity index (χ1) is 13.4. The number of ether oxygens (including phenoxy) is 2. The minimum absolute atomic E-state index is 0.0728. The largest absolute Gasteiger partial charge is 0.493 e. The molecule has 0 spiro atoms. The second-order valence-electron chi connectivity index (χ2n) is 5.70. The predicted octanol–water partition coefficient (Wildman–Crippen LogP) is 4.13. The van der Waals surface area contributed by atoms with E-state index in [4.69, 9.17) is 15.9 Å². The molecule has 1 heterocycles. The van der Waals surface area contributed by atoms with Gasteiger partial charge < -0.3 is 9.47 Å². The average molecular weight is 505 g/mol. The van der Waals surface area contributed by atoms with Crippen molar-refractivity contribution < 1.29 is 9.47 Å². The normalized spacial score (nSPS) is 11.0. The zero-order valence-electron chi connectivity index (χ0n) is 15.1. The molecule has 6 nitrogen and oxygen atoms in total. The summed E-state index contributed by atoms with van der Waals surface area (Å²) in [5, 5.41) is 4.80. The van der Waals surface area contributed by atoms with E-state index in [1.54, 1.807) is 31.2 Å². The van der Waals surface area contributed by atoms with Gasteiger partial charge in [-0.25, -0.2) is 4.98 Å². The lowest BCUT2D eigenvalue weighted by Crippen LogP contribution is -2.20. The topological polar surface area (TPSA) is 65.7 Å². The van der Waals surface area contributed by atoms with E-state index < -0.39 is 0 Å². The molecule has 0 saturated carbocycles.